The first-order valence-corrected chi connectivity index (χ1v) is 10.1. The molecule has 2 aliphatic heterocycles. The van der Waals surface area contributed by atoms with Gasteiger partial charge in [0, 0.05) is 17.2 Å². The van der Waals surface area contributed by atoms with Gasteiger partial charge < -0.3 is 15.2 Å². The van der Waals surface area contributed by atoms with E-state index in [0.29, 0.717) is 22.7 Å². The lowest BCUT2D eigenvalue weighted by atomic mass is 9.75. The predicted molar refractivity (Wildman–Crippen MR) is 107 cm³/mol. The topological polar surface area (TPSA) is 73.9 Å². The molecule has 0 amide bonds. The fourth-order valence-electron chi connectivity index (χ4n) is 3.80. The Bertz CT molecular complexity index is 892. The van der Waals surface area contributed by atoms with E-state index in [0.717, 1.165) is 5.75 Å². The van der Waals surface area contributed by atoms with Crippen LogP contribution in [0.5, 0.6) is 0 Å². The summed E-state index contributed by atoms with van der Waals surface area (Å²) in [5, 5.41) is 0.442. The Balaban J connectivity index is 1.49. The molecule has 0 spiro atoms. The Kier molecular flexibility index (Phi) is 5.37. The zero-order valence-corrected chi connectivity index (χ0v) is 16.0. The smallest absolute Gasteiger partial charge is 0.338 e. The SMILES string of the molecule is NC1=NC2(c3ccccc3F)CO[C@@H](COC(=O)c3ccccc3)C[C@H]2CS1. The first-order chi connectivity index (χ1) is 13.6. The number of rotatable bonds is 4. The zero-order chi connectivity index (χ0) is 19.6. The molecule has 0 bridgehead atoms. The molecule has 1 fully saturated rings. The average Bonchev–Trinajstić information content (AvgIpc) is 2.72. The van der Waals surface area contributed by atoms with Crippen molar-refractivity contribution in [3.05, 3.63) is 71.5 Å². The number of ether oxygens (including phenoxy) is 2. The lowest BCUT2D eigenvalue weighted by Crippen LogP contribution is -2.51. The number of amidine groups is 1. The molecule has 146 valence electrons. The van der Waals surface area contributed by atoms with Crippen molar-refractivity contribution in [3.63, 3.8) is 0 Å². The van der Waals surface area contributed by atoms with Crippen molar-refractivity contribution in [2.75, 3.05) is 19.0 Å². The second-order valence-corrected chi connectivity index (χ2v) is 8.04. The van der Waals surface area contributed by atoms with Gasteiger partial charge in [-0.05, 0) is 24.6 Å². The van der Waals surface area contributed by atoms with Gasteiger partial charge in [0.25, 0.3) is 0 Å². The quantitative estimate of drug-likeness (QED) is 0.797. The normalized spacial score (nSPS) is 26.8. The van der Waals surface area contributed by atoms with Crippen molar-refractivity contribution >= 4 is 22.9 Å². The molecule has 0 aliphatic carbocycles. The van der Waals surface area contributed by atoms with Crippen LogP contribution < -0.4 is 5.73 Å². The maximum Gasteiger partial charge on any atom is 0.338 e. The molecular weight excluding hydrogens is 379 g/mol. The van der Waals surface area contributed by atoms with Gasteiger partial charge in [-0.15, -0.1) is 0 Å². The first-order valence-electron chi connectivity index (χ1n) is 9.15. The van der Waals surface area contributed by atoms with Crippen LogP contribution in [0.4, 0.5) is 4.39 Å². The monoisotopic (exact) mass is 400 g/mol. The fourth-order valence-corrected chi connectivity index (χ4v) is 4.81. The molecule has 1 unspecified atom stereocenters. The zero-order valence-electron chi connectivity index (χ0n) is 15.2. The Morgan fingerprint density at radius 3 is 2.79 bits per heavy atom. The van der Waals surface area contributed by atoms with Gasteiger partial charge in [0.15, 0.2) is 5.17 Å². The van der Waals surface area contributed by atoms with Crippen molar-refractivity contribution in [1.29, 1.82) is 0 Å². The van der Waals surface area contributed by atoms with Crippen molar-refractivity contribution < 1.29 is 18.7 Å². The van der Waals surface area contributed by atoms with Crippen LogP contribution in [-0.2, 0) is 15.0 Å². The van der Waals surface area contributed by atoms with E-state index in [1.807, 2.05) is 6.07 Å². The average molecular weight is 400 g/mol. The number of benzene rings is 2. The van der Waals surface area contributed by atoms with Crippen LogP contribution in [0, 0.1) is 11.7 Å². The predicted octanol–water partition coefficient (Wildman–Crippen LogP) is 3.34. The highest BCUT2D eigenvalue weighted by Crippen LogP contribution is 2.46. The van der Waals surface area contributed by atoms with Crippen molar-refractivity contribution in [1.82, 2.24) is 0 Å². The third-order valence-corrected chi connectivity index (χ3v) is 6.21. The molecular formula is C21H21FN2O3S. The fraction of sp³-hybridized carbons (Fsp3) is 0.333. The van der Waals surface area contributed by atoms with E-state index in [2.05, 4.69) is 4.99 Å². The van der Waals surface area contributed by atoms with E-state index < -0.39 is 5.54 Å². The summed E-state index contributed by atoms with van der Waals surface area (Å²) in [7, 11) is 0. The summed E-state index contributed by atoms with van der Waals surface area (Å²) in [4.78, 5) is 16.8. The molecule has 0 saturated carbocycles. The number of nitrogens with two attached hydrogens (primary N) is 1. The summed E-state index contributed by atoms with van der Waals surface area (Å²) in [6.45, 7) is 0.356. The van der Waals surface area contributed by atoms with Crippen molar-refractivity contribution in [2.45, 2.75) is 18.1 Å². The summed E-state index contributed by atoms with van der Waals surface area (Å²) in [6, 6.07) is 15.5. The van der Waals surface area contributed by atoms with Gasteiger partial charge in [-0.3, -0.25) is 0 Å². The molecule has 28 heavy (non-hydrogen) atoms. The second-order valence-electron chi connectivity index (χ2n) is 7.00. The number of nitrogens with zero attached hydrogens (tertiary/aromatic N) is 1. The minimum Gasteiger partial charge on any atom is -0.459 e. The van der Waals surface area contributed by atoms with Crippen LogP contribution in [0.15, 0.2) is 59.6 Å². The van der Waals surface area contributed by atoms with Crippen LogP contribution in [-0.4, -0.2) is 36.2 Å². The number of hydrogen-bond acceptors (Lipinski definition) is 6. The molecule has 1 saturated heterocycles. The van der Waals surface area contributed by atoms with Crippen molar-refractivity contribution in [2.24, 2.45) is 16.6 Å². The van der Waals surface area contributed by atoms with Gasteiger partial charge in [0.2, 0.25) is 0 Å². The second kappa shape index (κ2) is 7.93. The van der Waals surface area contributed by atoms with Gasteiger partial charge in [0.1, 0.15) is 18.0 Å². The standard InChI is InChI=1S/C21H21FN2O3S/c22-18-9-5-4-8-17(18)21-13-27-16(10-15(21)12-28-20(23)24-21)11-26-19(25)14-6-2-1-3-7-14/h1-9,15-16H,10-13H2,(H2,23,24)/t15-,16+,21?/m0/s1. The molecule has 3 atom stereocenters. The Labute approximate surface area is 167 Å². The van der Waals surface area contributed by atoms with E-state index in [1.165, 1.54) is 17.8 Å². The summed E-state index contributed by atoms with van der Waals surface area (Å²) >= 11 is 1.47. The van der Waals surface area contributed by atoms with Crippen molar-refractivity contribution in [3.8, 4) is 0 Å². The van der Waals surface area contributed by atoms with Crippen LogP contribution in [0.3, 0.4) is 0 Å². The molecule has 0 aromatic heterocycles. The highest BCUT2D eigenvalue weighted by molar-refractivity contribution is 8.13. The summed E-state index contributed by atoms with van der Waals surface area (Å²) in [5.74, 6) is 0.0655. The number of carbonyl (C=O) groups is 1. The highest BCUT2D eigenvalue weighted by Gasteiger charge is 2.49. The molecule has 2 aliphatic rings. The van der Waals surface area contributed by atoms with Gasteiger partial charge in [-0.1, -0.05) is 48.2 Å². The molecule has 2 N–H and O–H groups in total. The summed E-state index contributed by atoms with van der Waals surface area (Å²) in [5.41, 5.74) is 6.15. The number of thioether (sulfide) groups is 1. The van der Waals surface area contributed by atoms with Crippen LogP contribution in [0.2, 0.25) is 0 Å². The number of fused-ring (bicyclic) bond motifs is 1. The lowest BCUT2D eigenvalue weighted by molar-refractivity contribution is -0.0811. The minimum atomic E-state index is -0.833. The van der Waals surface area contributed by atoms with Gasteiger partial charge in [-0.2, -0.15) is 0 Å². The largest absolute Gasteiger partial charge is 0.459 e. The van der Waals surface area contributed by atoms with Crippen LogP contribution in [0.1, 0.15) is 22.3 Å². The lowest BCUT2D eigenvalue weighted by Gasteiger charge is -2.46. The Hall–Kier alpha value is -2.38. The van der Waals surface area contributed by atoms with Crippen LogP contribution in [0.25, 0.3) is 0 Å². The molecule has 2 aromatic carbocycles. The molecule has 7 heteroatoms. The van der Waals surface area contributed by atoms with Crippen LogP contribution >= 0.6 is 11.8 Å². The Morgan fingerprint density at radius 1 is 1.25 bits per heavy atom. The number of carbonyl (C=O) groups excluding carboxylic acids is 1. The minimum absolute atomic E-state index is 0.0378. The third kappa shape index (κ3) is 3.64. The van der Waals surface area contributed by atoms with Gasteiger partial charge in [0.05, 0.1) is 18.3 Å². The first kappa shape index (κ1) is 19.0. The molecule has 4 rings (SSSR count). The molecule has 5 nitrogen and oxygen atoms in total. The molecule has 0 radical (unpaired) electrons. The highest BCUT2D eigenvalue weighted by atomic mass is 32.2. The number of aliphatic imine (C=N–C) groups is 1. The maximum atomic E-state index is 14.6. The Morgan fingerprint density at radius 2 is 2.00 bits per heavy atom. The number of halogens is 1. The third-order valence-electron chi connectivity index (χ3n) is 5.25. The van der Waals surface area contributed by atoms with E-state index in [-0.39, 0.29) is 37.0 Å². The number of hydrogen-bond donors (Lipinski definition) is 1. The van der Waals surface area contributed by atoms with E-state index in [9.17, 15) is 9.18 Å². The maximum absolute atomic E-state index is 14.6. The van der Waals surface area contributed by atoms with Gasteiger partial charge in [-0.25, -0.2) is 14.2 Å². The van der Waals surface area contributed by atoms with E-state index in [4.69, 9.17) is 15.2 Å². The number of esters is 1. The van der Waals surface area contributed by atoms with E-state index in [1.54, 1.807) is 42.5 Å². The van der Waals surface area contributed by atoms with E-state index >= 15 is 0 Å². The summed E-state index contributed by atoms with van der Waals surface area (Å²) in [6.07, 6.45) is 0.355. The van der Waals surface area contributed by atoms with Gasteiger partial charge >= 0.3 is 5.97 Å². The summed E-state index contributed by atoms with van der Waals surface area (Å²) < 4.78 is 26.0. The molecule has 2 aromatic rings. The molecule has 2 heterocycles.